The summed E-state index contributed by atoms with van der Waals surface area (Å²) in [4.78, 5) is 12.3. The molecule has 3 aromatic rings. The first-order valence-corrected chi connectivity index (χ1v) is 9.31. The van der Waals surface area contributed by atoms with E-state index in [1.807, 2.05) is 41.9 Å². The fraction of sp³-hybridized carbons (Fsp3) is 0.200. The molecule has 1 aromatic heterocycles. The molecule has 1 N–H and O–H groups in total. The second-order valence-corrected chi connectivity index (χ2v) is 7.34. The second-order valence-electron chi connectivity index (χ2n) is 6.24. The average molecular weight is 349 g/mol. The van der Waals surface area contributed by atoms with E-state index in [9.17, 15) is 4.79 Å². The quantitative estimate of drug-likeness (QED) is 0.752. The molecule has 126 valence electrons. The van der Waals surface area contributed by atoms with E-state index in [0.29, 0.717) is 5.75 Å². The number of hydrogen-bond donors (Lipinski definition) is 1. The lowest BCUT2D eigenvalue weighted by molar-refractivity contribution is -0.113. The molecule has 0 fully saturated rings. The molecule has 0 unspecified atom stereocenters. The SMILES string of the molecule is Cc1ccc(-n2nc(C)c3c2NC(=O)CS[C@@H]3c2ccccc2)cc1. The van der Waals surface area contributed by atoms with Crippen molar-refractivity contribution in [3.8, 4) is 5.69 Å². The Labute approximate surface area is 151 Å². The van der Waals surface area contributed by atoms with Crippen LogP contribution in [0.5, 0.6) is 0 Å². The van der Waals surface area contributed by atoms with Crippen molar-refractivity contribution in [2.75, 3.05) is 11.1 Å². The fourth-order valence-corrected chi connectivity index (χ4v) is 4.34. The van der Waals surface area contributed by atoms with Gasteiger partial charge in [0.2, 0.25) is 5.91 Å². The minimum atomic E-state index is 0.0120. The molecule has 0 saturated carbocycles. The number of fused-ring (bicyclic) bond motifs is 1. The van der Waals surface area contributed by atoms with Crippen molar-refractivity contribution in [1.29, 1.82) is 0 Å². The van der Waals surface area contributed by atoms with Gasteiger partial charge in [-0.3, -0.25) is 4.79 Å². The summed E-state index contributed by atoms with van der Waals surface area (Å²) in [6.07, 6.45) is 0. The first kappa shape index (κ1) is 16.0. The van der Waals surface area contributed by atoms with Gasteiger partial charge in [-0.25, -0.2) is 4.68 Å². The minimum absolute atomic E-state index is 0.0120. The van der Waals surface area contributed by atoms with Crippen molar-refractivity contribution in [1.82, 2.24) is 9.78 Å². The molecule has 1 amide bonds. The van der Waals surface area contributed by atoms with Gasteiger partial charge in [-0.1, -0.05) is 48.0 Å². The van der Waals surface area contributed by atoms with E-state index in [1.54, 1.807) is 11.8 Å². The molecule has 4 nitrogen and oxygen atoms in total. The Morgan fingerprint density at radius 1 is 1.08 bits per heavy atom. The number of benzene rings is 2. The van der Waals surface area contributed by atoms with Crippen molar-refractivity contribution in [3.05, 3.63) is 77.0 Å². The van der Waals surface area contributed by atoms with Crippen molar-refractivity contribution < 1.29 is 4.79 Å². The molecule has 25 heavy (non-hydrogen) atoms. The van der Waals surface area contributed by atoms with Crippen LogP contribution in [0.2, 0.25) is 0 Å². The highest BCUT2D eigenvalue weighted by atomic mass is 32.2. The topological polar surface area (TPSA) is 46.9 Å². The summed E-state index contributed by atoms with van der Waals surface area (Å²) >= 11 is 1.65. The van der Waals surface area contributed by atoms with Gasteiger partial charge < -0.3 is 5.32 Å². The summed E-state index contributed by atoms with van der Waals surface area (Å²) in [5.41, 5.74) is 5.37. The van der Waals surface area contributed by atoms with Gasteiger partial charge in [0, 0.05) is 5.56 Å². The smallest absolute Gasteiger partial charge is 0.235 e. The molecule has 1 aliphatic rings. The van der Waals surface area contributed by atoms with Gasteiger partial charge in [0.15, 0.2) is 0 Å². The zero-order valence-electron chi connectivity index (χ0n) is 14.2. The summed E-state index contributed by atoms with van der Waals surface area (Å²) in [7, 11) is 0. The number of rotatable bonds is 2. The Morgan fingerprint density at radius 3 is 2.52 bits per heavy atom. The highest BCUT2D eigenvalue weighted by Crippen LogP contribution is 2.43. The van der Waals surface area contributed by atoms with Gasteiger partial charge >= 0.3 is 0 Å². The number of amides is 1. The monoisotopic (exact) mass is 349 g/mol. The van der Waals surface area contributed by atoms with E-state index in [0.717, 1.165) is 22.8 Å². The van der Waals surface area contributed by atoms with E-state index in [2.05, 4.69) is 36.5 Å². The summed E-state index contributed by atoms with van der Waals surface area (Å²) in [5.74, 6) is 1.23. The zero-order chi connectivity index (χ0) is 17.4. The Kier molecular flexibility index (Phi) is 4.09. The molecule has 2 heterocycles. The molecule has 0 saturated heterocycles. The standard InChI is InChI=1S/C20H19N3OS/c1-13-8-10-16(11-9-13)23-20-18(14(2)22-23)19(25-12-17(24)21-20)15-6-4-3-5-7-15/h3-11,19H,12H2,1-2H3,(H,21,24)/t19-/m1/s1. The molecule has 0 bridgehead atoms. The first-order valence-electron chi connectivity index (χ1n) is 8.26. The highest BCUT2D eigenvalue weighted by molar-refractivity contribution is 8.00. The summed E-state index contributed by atoms with van der Waals surface area (Å²) < 4.78 is 1.85. The average Bonchev–Trinajstić information content (AvgIpc) is 2.83. The van der Waals surface area contributed by atoms with Crippen LogP contribution in [0, 0.1) is 13.8 Å². The van der Waals surface area contributed by atoms with E-state index in [1.165, 1.54) is 11.1 Å². The van der Waals surface area contributed by atoms with Crippen LogP contribution < -0.4 is 5.32 Å². The van der Waals surface area contributed by atoms with E-state index in [4.69, 9.17) is 5.10 Å². The van der Waals surface area contributed by atoms with Crippen LogP contribution in [0.25, 0.3) is 5.69 Å². The molecule has 1 aliphatic heterocycles. The molecule has 5 heteroatoms. The maximum Gasteiger partial charge on any atom is 0.235 e. The van der Waals surface area contributed by atoms with Gasteiger partial charge in [-0.05, 0) is 31.5 Å². The molecule has 4 rings (SSSR count). The fourth-order valence-electron chi connectivity index (χ4n) is 3.15. The summed E-state index contributed by atoms with van der Waals surface area (Å²) in [5, 5.41) is 7.89. The highest BCUT2D eigenvalue weighted by Gasteiger charge is 2.30. The lowest BCUT2D eigenvalue weighted by Crippen LogP contribution is -2.15. The Hall–Kier alpha value is -2.53. The molecule has 2 aromatic carbocycles. The molecule has 0 radical (unpaired) electrons. The maximum absolute atomic E-state index is 12.3. The third kappa shape index (κ3) is 2.96. The van der Waals surface area contributed by atoms with Crippen molar-refractivity contribution in [3.63, 3.8) is 0 Å². The van der Waals surface area contributed by atoms with Crippen molar-refractivity contribution in [2.45, 2.75) is 19.1 Å². The van der Waals surface area contributed by atoms with Gasteiger partial charge in [-0.2, -0.15) is 5.10 Å². The van der Waals surface area contributed by atoms with Crippen LogP contribution in [-0.2, 0) is 4.79 Å². The van der Waals surface area contributed by atoms with Crippen molar-refractivity contribution in [2.24, 2.45) is 0 Å². The lowest BCUT2D eigenvalue weighted by Gasteiger charge is -2.15. The number of aryl methyl sites for hydroxylation is 2. The van der Waals surface area contributed by atoms with E-state index < -0.39 is 0 Å². The molecule has 0 aliphatic carbocycles. The Balaban J connectivity index is 1.89. The van der Waals surface area contributed by atoms with Gasteiger partial charge in [-0.15, -0.1) is 11.8 Å². The number of thioether (sulfide) groups is 1. The first-order chi connectivity index (χ1) is 12.1. The van der Waals surface area contributed by atoms with E-state index in [-0.39, 0.29) is 11.2 Å². The van der Waals surface area contributed by atoms with Gasteiger partial charge in [0.05, 0.1) is 22.4 Å². The Bertz CT molecular complexity index is 916. The van der Waals surface area contributed by atoms with E-state index >= 15 is 0 Å². The number of hydrogen-bond acceptors (Lipinski definition) is 3. The van der Waals surface area contributed by atoms with Crippen LogP contribution in [0.3, 0.4) is 0 Å². The minimum Gasteiger partial charge on any atom is -0.310 e. The number of carbonyl (C=O) groups excluding carboxylic acids is 1. The van der Waals surface area contributed by atoms with Crippen LogP contribution in [-0.4, -0.2) is 21.4 Å². The molecule has 0 spiro atoms. The maximum atomic E-state index is 12.3. The van der Waals surface area contributed by atoms with Gasteiger partial charge in [0.25, 0.3) is 0 Å². The largest absolute Gasteiger partial charge is 0.310 e. The number of anilines is 1. The molecular formula is C20H19N3OS. The third-order valence-corrected chi connectivity index (χ3v) is 5.66. The Morgan fingerprint density at radius 2 is 1.80 bits per heavy atom. The van der Waals surface area contributed by atoms with Crippen LogP contribution in [0.4, 0.5) is 5.82 Å². The second kappa shape index (κ2) is 6.41. The molecular weight excluding hydrogens is 330 g/mol. The summed E-state index contributed by atoms with van der Waals surface area (Å²) in [6, 6.07) is 18.5. The zero-order valence-corrected chi connectivity index (χ0v) is 15.0. The number of aromatic nitrogens is 2. The third-order valence-electron chi connectivity index (χ3n) is 4.39. The van der Waals surface area contributed by atoms with Crippen molar-refractivity contribution >= 4 is 23.5 Å². The predicted octanol–water partition coefficient (Wildman–Crippen LogP) is 4.26. The van der Waals surface area contributed by atoms with Crippen LogP contribution >= 0.6 is 11.8 Å². The predicted molar refractivity (Wildman–Crippen MR) is 102 cm³/mol. The van der Waals surface area contributed by atoms with Crippen LogP contribution in [0.15, 0.2) is 54.6 Å². The number of nitrogens with zero attached hydrogens (tertiary/aromatic N) is 2. The lowest BCUT2D eigenvalue weighted by atomic mass is 10.0. The van der Waals surface area contributed by atoms with Crippen LogP contribution in [0.1, 0.15) is 27.6 Å². The number of nitrogens with one attached hydrogen (secondary N) is 1. The molecule has 1 atom stereocenters. The summed E-state index contributed by atoms with van der Waals surface area (Å²) in [6.45, 7) is 4.07. The van der Waals surface area contributed by atoms with Gasteiger partial charge in [0.1, 0.15) is 5.82 Å². The normalized spacial score (nSPS) is 16.9. The number of carbonyl (C=O) groups is 1.